The van der Waals surface area contributed by atoms with Crippen LogP contribution in [0.3, 0.4) is 0 Å². The first-order valence-corrected chi connectivity index (χ1v) is 11.3. The summed E-state index contributed by atoms with van der Waals surface area (Å²) in [4.78, 5) is 26.7. The highest BCUT2D eigenvalue weighted by Gasteiger charge is 2.44. The highest BCUT2D eigenvalue weighted by atomic mass is 16.6. The quantitative estimate of drug-likeness (QED) is 0.461. The molecule has 1 aliphatic heterocycles. The second-order valence-corrected chi connectivity index (χ2v) is 9.59. The van der Waals surface area contributed by atoms with Crippen LogP contribution in [0.15, 0.2) is 40.7 Å². The summed E-state index contributed by atoms with van der Waals surface area (Å²) in [5.41, 5.74) is 3.12. The average molecular weight is 458 g/mol. The summed E-state index contributed by atoms with van der Waals surface area (Å²) in [6, 6.07) is 5.43. The molecule has 0 saturated carbocycles. The molecular formula is C26H35NO6. The van der Waals surface area contributed by atoms with Gasteiger partial charge >= 0.3 is 5.97 Å². The molecule has 0 spiro atoms. The van der Waals surface area contributed by atoms with Crippen molar-refractivity contribution in [1.82, 2.24) is 5.32 Å². The largest absolute Gasteiger partial charge is 0.497 e. The van der Waals surface area contributed by atoms with Crippen LogP contribution in [0, 0.1) is 5.41 Å². The first-order valence-electron chi connectivity index (χ1n) is 11.3. The number of esters is 1. The molecule has 1 unspecified atom stereocenters. The number of carbonyl (C=O) groups is 2. The zero-order chi connectivity index (χ0) is 24.3. The van der Waals surface area contributed by atoms with E-state index in [1.54, 1.807) is 20.3 Å². The molecule has 1 heterocycles. The Morgan fingerprint density at radius 1 is 1.15 bits per heavy atom. The number of methoxy groups -OCH3 is 2. The van der Waals surface area contributed by atoms with E-state index in [-0.39, 0.29) is 23.9 Å². The third kappa shape index (κ3) is 5.41. The highest BCUT2D eigenvalue weighted by molar-refractivity contribution is 6.04. The molecule has 1 aliphatic carbocycles. The Hall–Kier alpha value is -2.80. The number of Topliss-reactive ketones (excluding diaryl/α,β-unsaturated/α-hetero) is 1. The van der Waals surface area contributed by atoms with Crippen LogP contribution in [0.2, 0.25) is 0 Å². The standard InChI is InChI=1S/C26H35NO6/c1-15(2)32-10-11-33-25(29)22-16(3)27-19-13-26(4,5)14-20(28)24(19)23(22)18-9-8-17(30-6)12-21(18)31-7/h8-9,12,15,23,27H,10-11,13-14H2,1-7H3. The van der Waals surface area contributed by atoms with Crippen LogP contribution in [0.4, 0.5) is 0 Å². The first kappa shape index (κ1) is 24.8. The maximum atomic E-state index is 13.4. The van der Waals surface area contributed by atoms with Gasteiger partial charge in [-0.05, 0) is 38.7 Å². The van der Waals surface area contributed by atoms with Crippen molar-refractivity contribution in [1.29, 1.82) is 0 Å². The van der Waals surface area contributed by atoms with Gasteiger partial charge in [0, 0.05) is 35.0 Å². The topological polar surface area (TPSA) is 83.1 Å². The predicted molar refractivity (Wildman–Crippen MR) is 125 cm³/mol. The number of hydrogen-bond donors (Lipinski definition) is 1. The smallest absolute Gasteiger partial charge is 0.336 e. The number of rotatable bonds is 8. The van der Waals surface area contributed by atoms with Crippen LogP contribution in [-0.4, -0.2) is 45.3 Å². The van der Waals surface area contributed by atoms with Crippen molar-refractivity contribution in [3.8, 4) is 11.5 Å². The summed E-state index contributed by atoms with van der Waals surface area (Å²) in [7, 11) is 3.15. The highest BCUT2D eigenvalue weighted by Crippen LogP contribution is 2.49. The van der Waals surface area contributed by atoms with Gasteiger partial charge in [-0.15, -0.1) is 0 Å². The number of allylic oxidation sites excluding steroid dienone is 3. The fourth-order valence-corrected chi connectivity index (χ4v) is 4.57. The Balaban J connectivity index is 2.07. The molecule has 0 radical (unpaired) electrons. The molecule has 1 N–H and O–H groups in total. The van der Waals surface area contributed by atoms with E-state index < -0.39 is 11.9 Å². The number of ketones is 1. The fourth-order valence-electron chi connectivity index (χ4n) is 4.57. The Kier molecular flexibility index (Phi) is 7.52. The summed E-state index contributed by atoms with van der Waals surface area (Å²) in [6.45, 7) is 10.3. The van der Waals surface area contributed by atoms with Crippen LogP contribution >= 0.6 is 0 Å². The third-order valence-corrected chi connectivity index (χ3v) is 5.98. The van der Waals surface area contributed by atoms with Crippen molar-refractivity contribution in [2.45, 2.75) is 59.5 Å². The number of carbonyl (C=O) groups excluding carboxylic acids is 2. The summed E-state index contributed by atoms with van der Waals surface area (Å²) in [5, 5.41) is 3.34. The Morgan fingerprint density at radius 2 is 1.88 bits per heavy atom. The van der Waals surface area contributed by atoms with Crippen LogP contribution in [0.5, 0.6) is 11.5 Å². The van der Waals surface area contributed by atoms with E-state index in [1.807, 2.05) is 32.9 Å². The van der Waals surface area contributed by atoms with Crippen molar-refractivity contribution in [2.75, 3.05) is 27.4 Å². The fraction of sp³-hybridized carbons (Fsp3) is 0.538. The van der Waals surface area contributed by atoms with Gasteiger partial charge in [-0.2, -0.15) is 0 Å². The van der Waals surface area contributed by atoms with Gasteiger partial charge in [0.15, 0.2) is 5.78 Å². The Morgan fingerprint density at radius 3 is 2.52 bits per heavy atom. The third-order valence-electron chi connectivity index (χ3n) is 5.98. The van der Waals surface area contributed by atoms with Gasteiger partial charge in [0.1, 0.15) is 18.1 Å². The minimum Gasteiger partial charge on any atom is -0.497 e. The molecule has 7 nitrogen and oxygen atoms in total. The first-order chi connectivity index (χ1) is 15.6. The van der Waals surface area contributed by atoms with Crippen molar-refractivity contribution in [3.63, 3.8) is 0 Å². The molecule has 2 aliphatic rings. The molecule has 0 fully saturated rings. The number of nitrogens with one attached hydrogen (secondary N) is 1. The number of benzene rings is 1. The Labute approximate surface area is 196 Å². The molecule has 0 aromatic heterocycles. The van der Waals surface area contributed by atoms with E-state index in [1.165, 1.54) is 0 Å². The minimum atomic E-state index is -0.593. The van der Waals surface area contributed by atoms with Gasteiger partial charge in [0.2, 0.25) is 0 Å². The van der Waals surface area contributed by atoms with Gasteiger partial charge < -0.3 is 24.3 Å². The van der Waals surface area contributed by atoms with E-state index in [4.69, 9.17) is 18.9 Å². The maximum Gasteiger partial charge on any atom is 0.336 e. The van der Waals surface area contributed by atoms with Crippen LogP contribution in [0.25, 0.3) is 0 Å². The lowest BCUT2D eigenvalue weighted by Gasteiger charge is -2.39. The van der Waals surface area contributed by atoms with E-state index in [2.05, 4.69) is 19.2 Å². The van der Waals surface area contributed by atoms with Gasteiger partial charge in [-0.1, -0.05) is 19.9 Å². The molecule has 1 aromatic carbocycles. The predicted octanol–water partition coefficient (Wildman–Crippen LogP) is 4.28. The zero-order valence-electron chi connectivity index (χ0n) is 20.7. The normalized spacial score (nSPS) is 19.9. The molecule has 0 bridgehead atoms. The summed E-state index contributed by atoms with van der Waals surface area (Å²) >= 11 is 0. The molecule has 3 rings (SSSR count). The molecule has 1 aromatic rings. The van der Waals surface area contributed by atoms with Gasteiger partial charge in [0.25, 0.3) is 0 Å². The van der Waals surface area contributed by atoms with Crippen LogP contribution < -0.4 is 14.8 Å². The average Bonchev–Trinajstić information content (AvgIpc) is 2.74. The van der Waals surface area contributed by atoms with Crippen LogP contribution in [-0.2, 0) is 19.1 Å². The molecule has 7 heteroatoms. The summed E-state index contributed by atoms with van der Waals surface area (Å²) in [6.07, 6.45) is 1.17. The number of dihydropyridines is 1. The number of hydrogen-bond acceptors (Lipinski definition) is 7. The van der Waals surface area contributed by atoms with Crippen molar-refractivity contribution >= 4 is 11.8 Å². The lowest BCUT2D eigenvalue weighted by atomic mass is 9.68. The Bertz CT molecular complexity index is 988. The van der Waals surface area contributed by atoms with E-state index in [0.29, 0.717) is 47.8 Å². The second-order valence-electron chi connectivity index (χ2n) is 9.59. The molecule has 180 valence electrons. The lowest BCUT2D eigenvalue weighted by Crippen LogP contribution is -2.39. The maximum absolute atomic E-state index is 13.4. The van der Waals surface area contributed by atoms with Gasteiger partial charge in [-0.3, -0.25) is 4.79 Å². The van der Waals surface area contributed by atoms with Gasteiger partial charge in [-0.25, -0.2) is 4.79 Å². The number of ether oxygens (including phenoxy) is 4. The van der Waals surface area contributed by atoms with Crippen LogP contribution in [0.1, 0.15) is 58.9 Å². The zero-order valence-corrected chi connectivity index (χ0v) is 20.7. The summed E-state index contributed by atoms with van der Waals surface area (Å²) in [5.74, 6) is 0.138. The molecule has 0 saturated heterocycles. The van der Waals surface area contributed by atoms with Crippen molar-refractivity contribution in [3.05, 3.63) is 46.3 Å². The molecule has 33 heavy (non-hydrogen) atoms. The molecular weight excluding hydrogens is 422 g/mol. The lowest BCUT2D eigenvalue weighted by molar-refractivity contribution is -0.141. The van der Waals surface area contributed by atoms with Crippen molar-refractivity contribution < 1.29 is 28.5 Å². The van der Waals surface area contributed by atoms with Crippen molar-refractivity contribution in [2.24, 2.45) is 5.41 Å². The molecule has 1 atom stereocenters. The SMILES string of the molecule is COc1ccc(C2C(C(=O)OCCOC(C)C)=C(C)NC3=C2C(=O)CC(C)(C)C3)c(OC)c1. The summed E-state index contributed by atoms with van der Waals surface area (Å²) < 4.78 is 22.1. The molecule has 0 amide bonds. The monoisotopic (exact) mass is 457 g/mol. The van der Waals surface area contributed by atoms with E-state index >= 15 is 0 Å². The van der Waals surface area contributed by atoms with E-state index in [9.17, 15) is 9.59 Å². The second kappa shape index (κ2) is 10.00. The minimum absolute atomic E-state index is 0.0255. The van der Waals surface area contributed by atoms with Gasteiger partial charge in [0.05, 0.1) is 38.4 Å². The van der Waals surface area contributed by atoms with E-state index in [0.717, 1.165) is 11.3 Å².